The predicted molar refractivity (Wildman–Crippen MR) is 231 cm³/mol. The normalized spacial score (nSPS) is 11.8. The van der Waals surface area contributed by atoms with E-state index in [9.17, 15) is 0 Å². The number of fused-ring (bicyclic) bond motifs is 2. The summed E-state index contributed by atoms with van der Waals surface area (Å²) in [7, 11) is 0. The van der Waals surface area contributed by atoms with Gasteiger partial charge >= 0.3 is 0 Å². The summed E-state index contributed by atoms with van der Waals surface area (Å²) in [6.45, 7) is 0. The summed E-state index contributed by atoms with van der Waals surface area (Å²) < 4.78 is 0. The summed E-state index contributed by atoms with van der Waals surface area (Å²) in [6.07, 6.45) is 0. The predicted octanol–water partition coefficient (Wildman–Crippen LogP) is 13.8. The van der Waals surface area contributed by atoms with Crippen LogP contribution in [0.25, 0.3) is 67.5 Å². The van der Waals surface area contributed by atoms with E-state index in [1.54, 1.807) is 11.8 Å². The molecule has 264 valence electrons. The van der Waals surface area contributed by atoms with Crippen LogP contribution in [-0.4, -0.2) is 15.0 Å². The Morgan fingerprint density at radius 3 is 1.16 bits per heavy atom. The second-order valence-corrected chi connectivity index (χ2v) is 14.8. The SMILES string of the molecule is c1ccc(-c2cc(-c3ccccc3)cc(-c3ccc(N4c5ccccc5Sc5ccccc54)c(-c4nc(-c5ccccc5)nc(-c5ccccc5)n4)c3)c2)cc1. The molecule has 0 spiro atoms. The quantitative estimate of drug-likeness (QED) is 0.163. The van der Waals surface area contributed by atoms with Crippen LogP contribution in [0.5, 0.6) is 0 Å². The molecule has 0 saturated carbocycles. The van der Waals surface area contributed by atoms with Gasteiger partial charge in [0, 0.05) is 26.5 Å². The zero-order chi connectivity index (χ0) is 37.3. The molecule has 5 heteroatoms. The molecule has 0 unspecified atom stereocenters. The molecule has 0 atom stereocenters. The minimum atomic E-state index is 0.602. The van der Waals surface area contributed by atoms with Crippen LogP contribution in [0.15, 0.2) is 216 Å². The van der Waals surface area contributed by atoms with Crippen molar-refractivity contribution in [2.75, 3.05) is 4.90 Å². The zero-order valence-corrected chi connectivity index (χ0v) is 31.1. The topological polar surface area (TPSA) is 41.9 Å². The molecule has 0 fully saturated rings. The van der Waals surface area contributed by atoms with Gasteiger partial charge in [-0.1, -0.05) is 163 Å². The zero-order valence-electron chi connectivity index (χ0n) is 30.3. The third-order valence-electron chi connectivity index (χ3n) is 10.1. The maximum absolute atomic E-state index is 5.28. The maximum Gasteiger partial charge on any atom is 0.166 e. The molecule has 0 bridgehead atoms. The van der Waals surface area contributed by atoms with E-state index in [1.807, 2.05) is 36.4 Å². The number of nitrogens with zero attached hydrogens (tertiary/aromatic N) is 4. The molecule has 4 nitrogen and oxygen atoms in total. The van der Waals surface area contributed by atoms with Gasteiger partial charge in [-0.25, -0.2) is 15.0 Å². The van der Waals surface area contributed by atoms with Crippen LogP contribution >= 0.6 is 11.8 Å². The molecular weight excluding hydrogens is 701 g/mol. The Morgan fingerprint density at radius 1 is 0.286 bits per heavy atom. The summed E-state index contributed by atoms with van der Waals surface area (Å²) in [6, 6.07) is 72.4. The molecule has 1 aliphatic rings. The lowest BCUT2D eigenvalue weighted by Gasteiger charge is -2.34. The van der Waals surface area contributed by atoms with E-state index < -0.39 is 0 Å². The van der Waals surface area contributed by atoms with Gasteiger partial charge in [-0.3, -0.25) is 0 Å². The first-order chi connectivity index (χ1) is 27.7. The number of anilines is 3. The van der Waals surface area contributed by atoms with Crippen LogP contribution in [0.2, 0.25) is 0 Å². The van der Waals surface area contributed by atoms with Crippen molar-refractivity contribution < 1.29 is 0 Å². The van der Waals surface area contributed by atoms with Crippen molar-refractivity contribution in [2.24, 2.45) is 0 Å². The Morgan fingerprint density at radius 2 is 0.679 bits per heavy atom. The standard InChI is InChI=1S/C51H34N4S/c1-5-17-35(18-6-1)40-31-41(36-19-7-2-8-20-36)33-42(32-40)39-29-30-44(55-45-25-13-15-27-47(45)56-48-28-16-14-26-46(48)55)43(34-39)51-53-49(37-21-9-3-10-22-37)52-50(54-51)38-23-11-4-12-24-38/h1-34H. The lowest BCUT2D eigenvalue weighted by molar-refractivity contribution is 1.07. The number of aromatic nitrogens is 3. The van der Waals surface area contributed by atoms with Gasteiger partial charge in [0.1, 0.15) is 0 Å². The molecule has 8 aromatic carbocycles. The van der Waals surface area contributed by atoms with Gasteiger partial charge in [-0.15, -0.1) is 0 Å². The highest BCUT2D eigenvalue weighted by atomic mass is 32.2. The Labute approximate surface area is 330 Å². The maximum atomic E-state index is 5.28. The summed E-state index contributed by atoms with van der Waals surface area (Å²) in [5.74, 6) is 1.85. The highest BCUT2D eigenvalue weighted by Gasteiger charge is 2.28. The molecule has 0 aliphatic carbocycles. The largest absolute Gasteiger partial charge is 0.307 e. The van der Waals surface area contributed by atoms with Crippen molar-refractivity contribution in [1.29, 1.82) is 0 Å². The van der Waals surface area contributed by atoms with E-state index in [0.717, 1.165) is 56.0 Å². The smallest absolute Gasteiger partial charge is 0.166 e. The number of rotatable bonds is 7. The summed E-state index contributed by atoms with van der Waals surface area (Å²) in [4.78, 5) is 20.3. The van der Waals surface area contributed by atoms with Gasteiger partial charge < -0.3 is 4.90 Å². The Balaban J connectivity index is 1.25. The minimum Gasteiger partial charge on any atom is -0.307 e. The van der Waals surface area contributed by atoms with Crippen LogP contribution in [0.1, 0.15) is 0 Å². The molecule has 9 aromatic rings. The van der Waals surface area contributed by atoms with Crippen LogP contribution < -0.4 is 4.90 Å². The molecule has 0 N–H and O–H groups in total. The Bertz CT molecular complexity index is 2670. The Kier molecular flexibility index (Phi) is 8.75. The molecule has 2 heterocycles. The monoisotopic (exact) mass is 734 g/mol. The first kappa shape index (κ1) is 33.5. The fraction of sp³-hybridized carbons (Fsp3) is 0. The molecule has 0 amide bonds. The van der Waals surface area contributed by atoms with Crippen LogP contribution in [-0.2, 0) is 0 Å². The van der Waals surface area contributed by atoms with Crippen molar-refractivity contribution in [3.8, 4) is 67.5 Å². The molecule has 0 saturated heterocycles. The Hall–Kier alpha value is -7.08. The average Bonchev–Trinajstić information content (AvgIpc) is 3.29. The summed E-state index contributed by atoms with van der Waals surface area (Å²) >= 11 is 1.80. The molecule has 0 radical (unpaired) electrons. The lowest BCUT2D eigenvalue weighted by atomic mass is 9.92. The van der Waals surface area contributed by atoms with Gasteiger partial charge in [0.2, 0.25) is 0 Å². The minimum absolute atomic E-state index is 0.602. The second kappa shape index (κ2) is 14.6. The van der Waals surface area contributed by atoms with Gasteiger partial charge in [-0.05, 0) is 88.0 Å². The first-order valence-electron chi connectivity index (χ1n) is 18.7. The van der Waals surface area contributed by atoms with Crippen LogP contribution in [0.3, 0.4) is 0 Å². The molecule has 56 heavy (non-hydrogen) atoms. The molecule has 1 aromatic heterocycles. The van der Waals surface area contributed by atoms with Crippen molar-refractivity contribution in [3.05, 3.63) is 206 Å². The van der Waals surface area contributed by atoms with Gasteiger partial charge in [-0.2, -0.15) is 0 Å². The van der Waals surface area contributed by atoms with Gasteiger partial charge in [0.15, 0.2) is 17.5 Å². The number of hydrogen-bond acceptors (Lipinski definition) is 5. The van der Waals surface area contributed by atoms with Gasteiger partial charge in [0.05, 0.1) is 17.1 Å². The second-order valence-electron chi connectivity index (χ2n) is 13.7. The highest BCUT2D eigenvalue weighted by Crippen LogP contribution is 2.53. The lowest BCUT2D eigenvalue weighted by Crippen LogP contribution is -2.16. The summed E-state index contributed by atoms with van der Waals surface area (Å²) in [5, 5.41) is 0. The molecule has 10 rings (SSSR count). The van der Waals surface area contributed by atoms with Crippen molar-refractivity contribution in [1.82, 2.24) is 15.0 Å². The van der Waals surface area contributed by atoms with E-state index in [2.05, 4.69) is 175 Å². The van der Waals surface area contributed by atoms with Crippen LogP contribution in [0.4, 0.5) is 17.1 Å². The van der Waals surface area contributed by atoms with Crippen molar-refractivity contribution in [3.63, 3.8) is 0 Å². The van der Waals surface area contributed by atoms with Gasteiger partial charge in [0.25, 0.3) is 0 Å². The number of hydrogen-bond donors (Lipinski definition) is 0. The third-order valence-corrected chi connectivity index (χ3v) is 11.2. The summed E-state index contributed by atoms with van der Waals surface area (Å²) in [5.41, 5.74) is 12.8. The van der Waals surface area contributed by atoms with E-state index in [1.165, 1.54) is 20.9 Å². The van der Waals surface area contributed by atoms with E-state index in [0.29, 0.717) is 17.5 Å². The van der Waals surface area contributed by atoms with E-state index in [4.69, 9.17) is 15.0 Å². The van der Waals surface area contributed by atoms with E-state index in [-0.39, 0.29) is 0 Å². The third kappa shape index (κ3) is 6.44. The van der Waals surface area contributed by atoms with Crippen LogP contribution in [0, 0.1) is 0 Å². The number of benzene rings is 8. The average molecular weight is 735 g/mol. The van der Waals surface area contributed by atoms with Crippen molar-refractivity contribution in [2.45, 2.75) is 9.79 Å². The fourth-order valence-electron chi connectivity index (χ4n) is 7.37. The molecular formula is C51H34N4S. The highest BCUT2D eigenvalue weighted by molar-refractivity contribution is 7.99. The van der Waals surface area contributed by atoms with E-state index >= 15 is 0 Å². The molecule has 1 aliphatic heterocycles. The first-order valence-corrected chi connectivity index (χ1v) is 19.5. The number of para-hydroxylation sites is 2. The fourth-order valence-corrected chi connectivity index (χ4v) is 8.43. The van der Waals surface area contributed by atoms with Crippen molar-refractivity contribution >= 4 is 28.8 Å².